The van der Waals surface area contributed by atoms with Crippen molar-refractivity contribution >= 4 is 46.9 Å². The molecule has 1 aromatic rings. The van der Waals surface area contributed by atoms with Crippen LogP contribution in [0.2, 0.25) is 0 Å². The Morgan fingerprint density at radius 2 is 2.04 bits per heavy atom. The molecule has 1 aromatic carbocycles. The molecule has 152 valence electrons. The highest BCUT2D eigenvalue weighted by Crippen LogP contribution is 2.51. The molecule has 0 bridgehead atoms. The Balaban J connectivity index is 1.41. The van der Waals surface area contributed by atoms with Crippen LogP contribution < -0.4 is 15.1 Å². The van der Waals surface area contributed by atoms with Gasteiger partial charge in [-0.15, -0.1) is 23.5 Å². The molecule has 0 aromatic heterocycles. The summed E-state index contributed by atoms with van der Waals surface area (Å²) in [6.07, 6.45) is 1.18. The zero-order valence-electron chi connectivity index (χ0n) is 15.8. The number of thioether (sulfide) groups is 2. The second-order valence-electron chi connectivity index (χ2n) is 7.28. The van der Waals surface area contributed by atoms with Crippen molar-refractivity contribution in [1.82, 2.24) is 5.32 Å². The third kappa shape index (κ3) is 4.05. The monoisotopic (exact) mass is 425 g/mol. The largest absolute Gasteiger partial charge is 0.442 e. The van der Waals surface area contributed by atoms with Crippen molar-refractivity contribution < 1.29 is 18.7 Å². The fraction of sp³-hybridized carbons (Fsp3) is 0.579. The highest BCUT2D eigenvalue weighted by molar-refractivity contribution is 8.21. The van der Waals surface area contributed by atoms with Crippen molar-refractivity contribution in [3.8, 4) is 0 Å². The topological polar surface area (TPSA) is 61.9 Å². The summed E-state index contributed by atoms with van der Waals surface area (Å²) in [5, 5.41) is 2.64. The van der Waals surface area contributed by atoms with Crippen molar-refractivity contribution in [1.29, 1.82) is 0 Å². The number of carbonyl (C=O) groups is 2. The molecule has 6 nitrogen and oxygen atoms in total. The van der Waals surface area contributed by atoms with Gasteiger partial charge in [-0.1, -0.05) is 0 Å². The third-order valence-corrected chi connectivity index (χ3v) is 9.03. The van der Waals surface area contributed by atoms with E-state index >= 15 is 0 Å². The van der Waals surface area contributed by atoms with Gasteiger partial charge in [-0.2, -0.15) is 0 Å². The predicted molar refractivity (Wildman–Crippen MR) is 112 cm³/mol. The molecule has 4 rings (SSSR count). The van der Waals surface area contributed by atoms with Gasteiger partial charge in [-0.3, -0.25) is 9.69 Å². The lowest BCUT2D eigenvalue weighted by molar-refractivity contribution is -0.119. The number of cyclic esters (lactones) is 1. The van der Waals surface area contributed by atoms with Crippen LogP contribution in [-0.4, -0.2) is 59.9 Å². The highest BCUT2D eigenvalue weighted by Gasteiger charge is 2.39. The molecule has 28 heavy (non-hydrogen) atoms. The predicted octanol–water partition coefficient (Wildman–Crippen LogP) is 3.06. The zero-order chi connectivity index (χ0) is 19.7. The molecule has 0 unspecified atom stereocenters. The van der Waals surface area contributed by atoms with Gasteiger partial charge >= 0.3 is 6.09 Å². The van der Waals surface area contributed by atoms with Crippen LogP contribution in [0.1, 0.15) is 19.8 Å². The maximum Gasteiger partial charge on any atom is 0.414 e. The van der Waals surface area contributed by atoms with Crippen LogP contribution in [-0.2, 0) is 9.53 Å². The van der Waals surface area contributed by atoms with Gasteiger partial charge in [0.25, 0.3) is 0 Å². The molecule has 0 aliphatic carbocycles. The van der Waals surface area contributed by atoms with Gasteiger partial charge in [0.1, 0.15) is 11.9 Å². The van der Waals surface area contributed by atoms with Gasteiger partial charge in [0, 0.05) is 31.5 Å². The summed E-state index contributed by atoms with van der Waals surface area (Å²) in [6.45, 7) is 3.65. The van der Waals surface area contributed by atoms with E-state index in [1.807, 2.05) is 0 Å². The van der Waals surface area contributed by atoms with Crippen LogP contribution in [0, 0.1) is 5.82 Å². The van der Waals surface area contributed by atoms with Crippen molar-refractivity contribution in [2.45, 2.75) is 29.9 Å². The molecular weight excluding hydrogens is 401 g/mol. The van der Waals surface area contributed by atoms with Gasteiger partial charge in [0.2, 0.25) is 5.91 Å². The van der Waals surface area contributed by atoms with E-state index in [1.54, 1.807) is 12.1 Å². The Hall–Kier alpha value is -1.61. The minimum atomic E-state index is -0.516. The number of rotatable bonds is 4. The van der Waals surface area contributed by atoms with Gasteiger partial charge < -0.3 is 15.0 Å². The summed E-state index contributed by atoms with van der Waals surface area (Å²) < 4.78 is 20.4. The lowest BCUT2D eigenvalue weighted by Gasteiger charge is -2.39. The van der Waals surface area contributed by atoms with Crippen LogP contribution in [0.15, 0.2) is 18.2 Å². The molecular formula is C19H24FN3O3S2. The average Bonchev–Trinajstić information content (AvgIpc) is 3.28. The number of amides is 2. The molecule has 1 N–H and O–H groups in total. The molecule has 3 saturated heterocycles. The molecule has 3 heterocycles. The van der Waals surface area contributed by atoms with E-state index in [4.69, 9.17) is 4.74 Å². The standard InChI is InChI=1S/C19H24FN3O3S2/c1-13(24)21-11-15-12-23(18(25)26-15)14-2-3-17(16(20)10-14)22-6-4-19(5-7-22)27-8-9-28-19/h2-3,10,15H,4-9,11-12H2,1H3,(H,21,24)/t15-/m0/s1. The summed E-state index contributed by atoms with van der Waals surface area (Å²) in [5.74, 6) is 1.92. The molecule has 9 heteroatoms. The summed E-state index contributed by atoms with van der Waals surface area (Å²) in [5.41, 5.74) is 1.07. The van der Waals surface area contributed by atoms with Crippen LogP contribution >= 0.6 is 23.5 Å². The summed E-state index contributed by atoms with van der Waals surface area (Å²) in [6, 6.07) is 4.93. The number of hydrogen-bond donors (Lipinski definition) is 1. The van der Waals surface area contributed by atoms with E-state index in [0.29, 0.717) is 22.0 Å². The summed E-state index contributed by atoms with van der Waals surface area (Å²) in [7, 11) is 0. The maximum absolute atomic E-state index is 14.8. The first-order chi connectivity index (χ1) is 13.5. The van der Waals surface area contributed by atoms with Crippen LogP contribution in [0.3, 0.4) is 0 Å². The fourth-order valence-corrected chi connectivity index (χ4v) is 7.08. The molecule has 0 saturated carbocycles. The van der Waals surface area contributed by atoms with Gasteiger partial charge in [-0.05, 0) is 31.0 Å². The normalized spacial score (nSPS) is 23.9. The van der Waals surface area contributed by atoms with E-state index < -0.39 is 12.2 Å². The first-order valence-electron chi connectivity index (χ1n) is 9.51. The van der Waals surface area contributed by atoms with Crippen molar-refractivity contribution in [2.75, 3.05) is 47.5 Å². The van der Waals surface area contributed by atoms with E-state index in [-0.39, 0.29) is 18.3 Å². The Kier molecular flexibility index (Phi) is 5.64. The molecule has 2 amide bonds. The number of nitrogens with one attached hydrogen (secondary N) is 1. The van der Waals surface area contributed by atoms with E-state index in [2.05, 4.69) is 33.7 Å². The Labute approximate surface area is 172 Å². The number of carbonyl (C=O) groups excluding carboxylic acids is 2. The van der Waals surface area contributed by atoms with Crippen LogP contribution in [0.5, 0.6) is 0 Å². The number of halogens is 1. The minimum absolute atomic E-state index is 0.178. The summed E-state index contributed by atoms with van der Waals surface area (Å²) in [4.78, 5) is 26.7. The van der Waals surface area contributed by atoms with E-state index in [0.717, 1.165) is 25.9 Å². The quantitative estimate of drug-likeness (QED) is 0.800. The van der Waals surface area contributed by atoms with Crippen molar-refractivity contribution in [2.24, 2.45) is 0 Å². The van der Waals surface area contributed by atoms with Gasteiger partial charge in [-0.25, -0.2) is 9.18 Å². The Bertz CT molecular complexity index is 763. The SMILES string of the molecule is CC(=O)NC[C@H]1CN(c2ccc(N3CCC4(CC3)SCCS4)c(F)c2)C(=O)O1. The lowest BCUT2D eigenvalue weighted by atomic mass is 10.1. The van der Waals surface area contributed by atoms with E-state index in [9.17, 15) is 14.0 Å². The third-order valence-electron chi connectivity index (χ3n) is 5.38. The maximum atomic E-state index is 14.8. The molecule has 3 aliphatic rings. The Morgan fingerprint density at radius 1 is 1.32 bits per heavy atom. The molecule has 1 spiro atoms. The number of benzene rings is 1. The number of piperidine rings is 1. The van der Waals surface area contributed by atoms with Gasteiger partial charge in [0.15, 0.2) is 0 Å². The zero-order valence-corrected chi connectivity index (χ0v) is 17.4. The number of ether oxygens (including phenoxy) is 1. The number of nitrogens with zero attached hydrogens (tertiary/aromatic N) is 2. The highest BCUT2D eigenvalue weighted by atomic mass is 32.2. The minimum Gasteiger partial charge on any atom is -0.442 e. The average molecular weight is 426 g/mol. The first kappa shape index (κ1) is 19.7. The van der Waals surface area contributed by atoms with Crippen molar-refractivity contribution in [3.05, 3.63) is 24.0 Å². The molecule has 3 aliphatic heterocycles. The molecule has 1 atom stereocenters. The van der Waals surface area contributed by atoms with Crippen molar-refractivity contribution in [3.63, 3.8) is 0 Å². The number of hydrogen-bond acceptors (Lipinski definition) is 6. The fourth-order valence-electron chi connectivity index (χ4n) is 3.89. The summed E-state index contributed by atoms with van der Waals surface area (Å²) >= 11 is 4.10. The van der Waals surface area contributed by atoms with Crippen LogP contribution in [0.25, 0.3) is 0 Å². The molecule has 0 radical (unpaired) electrons. The first-order valence-corrected chi connectivity index (χ1v) is 11.5. The smallest absolute Gasteiger partial charge is 0.414 e. The number of anilines is 2. The lowest BCUT2D eigenvalue weighted by Crippen LogP contribution is -2.40. The van der Waals surface area contributed by atoms with E-state index in [1.165, 1.54) is 29.4 Å². The Morgan fingerprint density at radius 3 is 2.68 bits per heavy atom. The second kappa shape index (κ2) is 8.02. The van der Waals surface area contributed by atoms with Crippen LogP contribution in [0.4, 0.5) is 20.6 Å². The molecule has 3 fully saturated rings. The second-order valence-corrected chi connectivity index (χ2v) is 10.5. The van der Waals surface area contributed by atoms with Gasteiger partial charge in [0.05, 0.1) is 28.5 Å².